The normalized spacial score (nSPS) is 13.1. The zero-order chi connectivity index (χ0) is 37.5. The van der Waals surface area contributed by atoms with Gasteiger partial charge in [0.25, 0.3) is 0 Å². The number of para-hydroxylation sites is 1. The van der Waals surface area contributed by atoms with E-state index >= 15 is 0 Å². The molecule has 0 spiro atoms. The molecule has 11 aromatic rings. The summed E-state index contributed by atoms with van der Waals surface area (Å²) in [5, 5.41) is 4.71. The zero-order valence-electron chi connectivity index (χ0n) is 30.9. The summed E-state index contributed by atoms with van der Waals surface area (Å²) in [7, 11) is 0. The van der Waals surface area contributed by atoms with Crippen molar-refractivity contribution in [2.24, 2.45) is 0 Å². The Hall–Kier alpha value is -7.56. The first-order chi connectivity index (χ1) is 28.3. The molecule has 0 radical (unpaired) electrons. The van der Waals surface area contributed by atoms with Gasteiger partial charge < -0.3 is 4.57 Å². The van der Waals surface area contributed by atoms with E-state index < -0.39 is 5.41 Å². The SMILES string of the molecule is c1ccc(C2(c3ccccc3)c3ccccc3-c3c2ccc2c4cccnc4n(-c4ccc(-c5ccc(-n6c7ccccc7c7cnccc76)cc5)cc4)c32)cc1. The lowest BCUT2D eigenvalue weighted by atomic mass is 9.67. The Kier molecular flexibility index (Phi) is 6.81. The van der Waals surface area contributed by atoms with Gasteiger partial charge in [-0.1, -0.05) is 140 Å². The maximum absolute atomic E-state index is 5.04. The number of benzene rings is 7. The van der Waals surface area contributed by atoms with E-state index in [9.17, 15) is 0 Å². The molecule has 4 heteroatoms. The zero-order valence-corrected chi connectivity index (χ0v) is 30.9. The molecule has 0 saturated carbocycles. The average molecular weight is 727 g/mol. The molecular formula is C53H34N4. The van der Waals surface area contributed by atoms with Crippen molar-refractivity contribution in [2.45, 2.75) is 5.41 Å². The first-order valence-corrected chi connectivity index (χ1v) is 19.5. The second-order valence-electron chi connectivity index (χ2n) is 15.0. The molecule has 4 aromatic heterocycles. The van der Waals surface area contributed by atoms with Crippen LogP contribution in [0.5, 0.6) is 0 Å². The lowest BCUT2D eigenvalue weighted by molar-refractivity contribution is 0.769. The Morgan fingerprint density at radius 2 is 1.02 bits per heavy atom. The van der Waals surface area contributed by atoms with Crippen molar-refractivity contribution < 1.29 is 0 Å². The van der Waals surface area contributed by atoms with Gasteiger partial charge in [-0.2, -0.15) is 0 Å². The van der Waals surface area contributed by atoms with Crippen molar-refractivity contribution in [1.29, 1.82) is 0 Å². The molecule has 1 aliphatic carbocycles. The van der Waals surface area contributed by atoms with Gasteiger partial charge in [0.1, 0.15) is 5.65 Å². The number of rotatable bonds is 5. The molecule has 4 nitrogen and oxygen atoms in total. The highest BCUT2D eigenvalue weighted by atomic mass is 15.0. The van der Waals surface area contributed by atoms with Crippen molar-refractivity contribution in [2.75, 3.05) is 0 Å². The number of fused-ring (bicyclic) bond motifs is 10. The number of pyridine rings is 2. The van der Waals surface area contributed by atoms with Crippen LogP contribution in [0.3, 0.4) is 0 Å². The van der Waals surface area contributed by atoms with E-state index in [1.807, 2.05) is 18.6 Å². The van der Waals surface area contributed by atoms with Crippen LogP contribution in [0.1, 0.15) is 22.3 Å². The molecular weight excluding hydrogens is 693 g/mol. The van der Waals surface area contributed by atoms with E-state index in [-0.39, 0.29) is 0 Å². The van der Waals surface area contributed by atoms with Gasteiger partial charge in [0.15, 0.2) is 0 Å². The molecule has 0 bridgehead atoms. The molecule has 1 aliphatic rings. The molecule has 12 rings (SSSR count). The first-order valence-electron chi connectivity index (χ1n) is 19.5. The quantitative estimate of drug-likeness (QED) is 0.177. The van der Waals surface area contributed by atoms with Crippen LogP contribution in [0, 0.1) is 0 Å². The molecule has 4 heterocycles. The summed E-state index contributed by atoms with van der Waals surface area (Å²) in [6.45, 7) is 0. The highest BCUT2D eigenvalue weighted by molar-refractivity contribution is 6.15. The Balaban J connectivity index is 1.03. The first kappa shape index (κ1) is 31.8. The third kappa shape index (κ3) is 4.44. The fraction of sp³-hybridized carbons (Fsp3) is 0.0189. The van der Waals surface area contributed by atoms with E-state index in [4.69, 9.17) is 4.98 Å². The fourth-order valence-electron chi connectivity index (χ4n) is 9.81. The summed E-state index contributed by atoms with van der Waals surface area (Å²) in [6, 6.07) is 68.5. The van der Waals surface area contributed by atoms with Gasteiger partial charge in [-0.05, 0) is 87.5 Å². The fourth-order valence-corrected chi connectivity index (χ4v) is 9.81. The minimum atomic E-state index is -0.483. The minimum absolute atomic E-state index is 0.483. The Labute approximate surface area is 329 Å². The maximum Gasteiger partial charge on any atom is 0.145 e. The lowest BCUT2D eigenvalue weighted by Gasteiger charge is -2.33. The van der Waals surface area contributed by atoms with Crippen LogP contribution in [0.2, 0.25) is 0 Å². The second kappa shape index (κ2) is 12.2. The third-order valence-electron chi connectivity index (χ3n) is 12.2. The molecule has 7 aromatic carbocycles. The van der Waals surface area contributed by atoms with Gasteiger partial charge in [0.05, 0.1) is 22.0 Å². The van der Waals surface area contributed by atoms with Crippen LogP contribution in [0.25, 0.3) is 77.4 Å². The summed E-state index contributed by atoms with van der Waals surface area (Å²) in [5.41, 5.74) is 16.1. The third-order valence-corrected chi connectivity index (χ3v) is 12.2. The van der Waals surface area contributed by atoms with Gasteiger partial charge in [-0.3, -0.25) is 9.55 Å². The van der Waals surface area contributed by atoms with E-state index in [0.717, 1.165) is 38.9 Å². The summed E-state index contributed by atoms with van der Waals surface area (Å²) in [4.78, 5) is 9.47. The second-order valence-corrected chi connectivity index (χ2v) is 15.0. The molecule has 0 fully saturated rings. The smallest absolute Gasteiger partial charge is 0.145 e. The Morgan fingerprint density at radius 1 is 0.404 bits per heavy atom. The topological polar surface area (TPSA) is 35.6 Å². The molecule has 0 saturated heterocycles. The summed E-state index contributed by atoms with van der Waals surface area (Å²) < 4.78 is 4.71. The summed E-state index contributed by atoms with van der Waals surface area (Å²) in [6.07, 6.45) is 5.75. The van der Waals surface area contributed by atoms with Crippen LogP contribution in [-0.2, 0) is 5.41 Å². The van der Waals surface area contributed by atoms with Crippen molar-refractivity contribution in [3.8, 4) is 33.6 Å². The Morgan fingerprint density at radius 3 is 1.75 bits per heavy atom. The monoisotopic (exact) mass is 726 g/mol. The van der Waals surface area contributed by atoms with Crippen molar-refractivity contribution >= 4 is 43.7 Å². The molecule has 0 amide bonds. The highest BCUT2D eigenvalue weighted by Gasteiger charge is 2.47. The maximum atomic E-state index is 5.04. The number of hydrogen-bond donors (Lipinski definition) is 0. The van der Waals surface area contributed by atoms with E-state index in [2.05, 4.69) is 202 Å². The van der Waals surface area contributed by atoms with Gasteiger partial charge in [0, 0.05) is 57.1 Å². The number of aromatic nitrogens is 4. The average Bonchev–Trinajstić information content (AvgIpc) is 3.92. The number of hydrogen-bond acceptors (Lipinski definition) is 2. The van der Waals surface area contributed by atoms with Crippen LogP contribution >= 0.6 is 0 Å². The Bertz CT molecular complexity index is 3230. The van der Waals surface area contributed by atoms with Crippen molar-refractivity contribution in [1.82, 2.24) is 19.1 Å². The minimum Gasteiger partial charge on any atom is -0.309 e. The largest absolute Gasteiger partial charge is 0.309 e. The van der Waals surface area contributed by atoms with Crippen molar-refractivity contribution in [3.05, 3.63) is 229 Å². The summed E-state index contributed by atoms with van der Waals surface area (Å²) >= 11 is 0. The predicted molar refractivity (Wildman–Crippen MR) is 233 cm³/mol. The lowest BCUT2D eigenvalue weighted by Crippen LogP contribution is -2.28. The predicted octanol–water partition coefficient (Wildman–Crippen LogP) is 12.7. The molecule has 0 atom stereocenters. The number of nitrogens with zero attached hydrogens (tertiary/aromatic N) is 4. The van der Waals surface area contributed by atoms with Gasteiger partial charge in [0.2, 0.25) is 0 Å². The molecule has 0 aliphatic heterocycles. The van der Waals surface area contributed by atoms with Crippen LogP contribution < -0.4 is 0 Å². The van der Waals surface area contributed by atoms with E-state index in [0.29, 0.717) is 0 Å². The molecule has 266 valence electrons. The molecule has 57 heavy (non-hydrogen) atoms. The van der Waals surface area contributed by atoms with Gasteiger partial charge in [-0.25, -0.2) is 4.98 Å². The summed E-state index contributed by atoms with van der Waals surface area (Å²) in [5.74, 6) is 0. The van der Waals surface area contributed by atoms with Gasteiger partial charge >= 0.3 is 0 Å². The molecule has 0 N–H and O–H groups in total. The van der Waals surface area contributed by atoms with E-state index in [1.54, 1.807) is 0 Å². The van der Waals surface area contributed by atoms with Crippen LogP contribution in [0.4, 0.5) is 0 Å². The highest BCUT2D eigenvalue weighted by Crippen LogP contribution is 2.58. The molecule has 0 unspecified atom stereocenters. The van der Waals surface area contributed by atoms with E-state index in [1.165, 1.54) is 60.8 Å². The standard InChI is InChI=1S/C53H34N4/c1-3-12-37(13-4-1)53(38-14-5-2-6-15-38)46-19-9-7-17-44(46)50-47(53)30-29-42-43-18-11-32-55-52(43)57(51(42)50)40-27-23-36(24-28-40)35-21-25-39(26-22-35)56-48-20-10-8-16-41(48)45-34-54-33-31-49(45)56/h1-34H. The van der Waals surface area contributed by atoms with Crippen molar-refractivity contribution in [3.63, 3.8) is 0 Å². The van der Waals surface area contributed by atoms with Crippen LogP contribution in [0.15, 0.2) is 207 Å². The van der Waals surface area contributed by atoms with Gasteiger partial charge in [-0.15, -0.1) is 0 Å². The van der Waals surface area contributed by atoms with Crippen LogP contribution in [-0.4, -0.2) is 19.1 Å².